The summed E-state index contributed by atoms with van der Waals surface area (Å²) >= 11 is 0. The van der Waals surface area contributed by atoms with Gasteiger partial charge in [0.2, 0.25) is 0 Å². The Hall–Kier alpha value is -2.18. The van der Waals surface area contributed by atoms with Crippen molar-refractivity contribution < 1.29 is 9.53 Å². The van der Waals surface area contributed by atoms with Crippen LogP contribution in [0.25, 0.3) is 11.2 Å². The average molecular weight is 236 g/mol. The molecule has 0 fully saturated rings. The fourth-order valence-corrected chi connectivity index (χ4v) is 1.53. The predicted molar refractivity (Wildman–Crippen MR) is 59.4 cm³/mol. The van der Waals surface area contributed by atoms with Crippen molar-refractivity contribution >= 4 is 17.1 Å². The Morgan fingerprint density at radius 2 is 2.12 bits per heavy atom. The van der Waals surface area contributed by atoms with Crippen LogP contribution in [0.5, 0.6) is 0 Å². The molecule has 0 aliphatic rings. The number of imidazole rings is 1. The first-order valence-corrected chi connectivity index (χ1v) is 5.15. The van der Waals surface area contributed by atoms with E-state index in [-0.39, 0.29) is 18.7 Å². The maximum atomic E-state index is 12.0. The third-order valence-corrected chi connectivity index (χ3v) is 2.31. The van der Waals surface area contributed by atoms with Crippen molar-refractivity contribution in [1.82, 2.24) is 19.1 Å². The molecular weight excluding hydrogens is 224 g/mol. The van der Waals surface area contributed by atoms with E-state index < -0.39 is 5.97 Å². The summed E-state index contributed by atoms with van der Waals surface area (Å²) in [6, 6.07) is 0. The minimum Gasteiger partial charge on any atom is -0.465 e. The molecule has 0 radical (unpaired) electrons. The Morgan fingerprint density at radius 1 is 1.41 bits per heavy atom. The van der Waals surface area contributed by atoms with E-state index in [1.54, 1.807) is 18.5 Å². The average Bonchev–Trinajstić information content (AvgIpc) is 2.65. The molecule has 0 saturated carbocycles. The highest BCUT2D eigenvalue weighted by Crippen LogP contribution is 2.01. The van der Waals surface area contributed by atoms with Crippen molar-refractivity contribution in [3.63, 3.8) is 0 Å². The molecule has 0 N–H and O–H groups in total. The van der Waals surface area contributed by atoms with Gasteiger partial charge < -0.3 is 9.30 Å². The van der Waals surface area contributed by atoms with Crippen LogP contribution in [0.4, 0.5) is 0 Å². The second-order valence-corrected chi connectivity index (χ2v) is 3.51. The second kappa shape index (κ2) is 4.36. The maximum absolute atomic E-state index is 12.0. The summed E-state index contributed by atoms with van der Waals surface area (Å²) in [6.07, 6.45) is 2.81. The molecule has 0 spiro atoms. The largest absolute Gasteiger partial charge is 0.465 e. The lowest BCUT2D eigenvalue weighted by atomic mass is 10.5. The summed E-state index contributed by atoms with van der Waals surface area (Å²) in [7, 11) is 1.70. The zero-order chi connectivity index (χ0) is 12.4. The van der Waals surface area contributed by atoms with Crippen LogP contribution in [0, 0.1) is 0 Å². The van der Waals surface area contributed by atoms with Crippen LogP contribution < -0.4 is 5.56 Å². The topological polar surface area (TPSA) is 79.0 Å². The number of nitrogens with zero attached hydrogens (tertiary/aromatic N) is 4. The Balaban J connectivity index is 2.42. The van der Waals surface area contributed by atoms with Crippen molar-refractivity contribution in [2.45, 2.75) is 13.5 Å². The molecule has 0 amide bonds. The maximum Gasteiger partial charge on any atom is 0.326 e. The molecule has 7 nitrogen and oxygen atoms in total. The third-order valence-electron chi connectivity index (χ3n) is 2.31. The van der Waals surface area contributed by atoms with Crippen molar-refractivity contribution in [3.05, 3.63) is 23.0 Å². The number of hydrogen-bond acceptors (Lipinski definition) is 5. The first kappa shape index (κ1) is 11.3. The first-order chi connectivity index (χ1) is 8.13. The first-order valence-electron chi connectivity index (χ1n) is 5.15. The van der Waals surface area contributed by atoms with Crippen molar-refractivity contribution in [2.75, 3.05) is 6.61 Å². The van der Waals surface area contributed by atoms with Crippen LogP contribution in [0.15, 0.2) is 17.4 Å². The molecular formula is C10H12N4O3. The van der Waals surface area contributed by atoms with Crippen molar-refractivity contribution in [2.24, 2.45) is 7.05 Å². The quantitative estimate of drug-likeness (QED) is 0.683. The smallest absolute Gasteiger partial charge is 0.326 e. The van der Waals surface area contributed by atoms with E-state index in [1.165, 1.54) is 17.2 Å². The molecule has 7 heteroatoms. The van der Waals surface area contributed by atoms with Crippen LogP contribution >= 0.6 is 0 Å². The highest BCUT2D eigenvalue weighted by atomic mass is 16.5. The van der Waals surface area contributed by atoms with E-state index in [2.05, 4.69) is 9.97 Å². The minimum atomic E-state index is -0.460. The van der Waals surface area contributed by atoms with Gasteiger partial charge in [0.1, 0.15) is 12.9 Å². The number of fused-ring (bicyclic) bond motifs is 1. The van der Waals surface area contributed by atoms with E-state index >= 15 is 0 Å². The van der Waals surface area contributed by atoms with Crippen LogP contribution in [0.1, 0.15) is 6.92 Å². The molecule has 0 unspecified atom stereocenters. The van der Waals surface area contributed by atoms with Gasteiger partial charge in [0.25, 0.3) is 5.56 Å². The van der Waals surface area contributed by atoms with E-state index in [0.717, 1.165) is 0 Å². The van der Waals surface area contributed by atoms with Gasteiger partial charge >= 0.3 is 5.97 Å². The predicted octanol–water partition coefficient (Wildman–Crippen LogP) is -0.307. The molecule has 2 heterocycles. The van der Waals surface area contributed by atoms with E-state index in [9.17, 15) is 9.59 Å². The number of ether oxygens (including phenoxy) is 1. The van der Waals surface area contributed by atoms with Gasteiger partial charge in [-0.2, -0.15) is 0 Å². The fourth-order valence-electron chi connectivity index (χ4n) is 1.53. The molecule has 90 valence electrons. The molecule has 0 bridgehead atoms. The number of hydrogen-bond donors (Lipinski definition) is 0. The molecule has 2 aromatic rings. The molecule has 0 aliphatic carbocycles. The minimum absolute atomic E-state index is 0.138. The number of aromatic nitrogens is 4. The Labute approximate surface area is 96.7 Å². The number of rotatable bonds is 3. The second-order valence-electron chi connectivity index (χ2n) is 3.51. The molecule has 2 aromatic heterocycles. The van der Waals surface area contributed by atoms with Gasteiger partial charge in [-0.1, -0.05) is 0 Å². The zero-order valence-corrected chi connectivity index (χ0v) is 9.58. The molecule has 0 aromatic carbocycles. The summed E-state index contributed by atoms with van der Waals surface area (Å²) in [5.41, 5.74) is 0.442. The summed E-state index contributed by atoms with van der Waals surface area (Å²) < 4.78 is 7.56. The van der Waals surface area contributed by atoms with Gasteiger partial charge in [0.05, 0.1) is 12.9 Å². The standard InChI is InChI=1S/C10H12N4O3/c1-3-17-7(15)4-14-6-12-9-8(10(14)16)13(2)5-11-9/h5-6H,3-4H2,1-2H3. The van der Waals surface area contributed by atoms with Crippen LogP contribution in [-0.4, -0.2) is 31.7 Å². The van der Waals surface area contributed by atoms with E-state index in [4.69, 9.17) is 4.74 Å². The highest BCUT2D eigenvalue weighted by molar-refractivity contribution is 5.71. The van der Waals surface area contributed by atoms with Crippen LogP contribution in [0.3, 0.4) is 0 Å². The van der Waals surface area contributed by atoms with Crippen molar-refractivity contribution in [3.8, 4) is 0 Å². The summed E-state index contributed by atoms with van der Waals surface area (Å²) in [6.45, 7) is 1.86. The van der Waals surface area contributed by atoms with E-state index in [1.807, 2.05) is 0 Å². The molecule has 17 heavy (non-hydrogen) atoms. The van der Waals surface area contributed by atoms with Gasteiger partial charge in [0.15, 0.2) is 11.2 Å². The molecule has 0 atom stereocenters. The Bertz CT molecular complexity index is 614. The summed E-state index contributed by atoms with van der Waals surface area (Å²) in [5, 5.41) is 0. The zero-order valence-electron chi connectivity index (χ0n) is 9.58. The lowest BCUT2D eigenvalue weighted by molar-refractivity contribution is -0.143. The normalized spacial score (nSPS) is 10.7. The summed E-state index contributed by atoms with van der Waals surface area (Å²) in [4.78, 5) is 31.3. The number of carbonyl (C=O) groups excluding carboxylic acids is 1. The number of carbonyl (C=O) groups is 1. The highest BCUT2D eigenvalue weighted by Gasteiger charge is 2.11. The monoisotopic (exact) mass is 236 g/mol. The SMILES string of the molecule is CCOC(=O)Cn1cnc2ncn(C)c2c1=O. The van der Waals surface area contributed by atoms with E-state index in [0.29, 0.717) is 11.2 Å². The van der Waals surface area contributed by atoms with Gasteiger partial charge in [-0.25, -0.2) is 9.97 Å². The van der Waals surface area contributed by atoms with Crippen molar-refractivity contribution in [1.29, 1.82) is 0 Å². The fraction of sp³-hybridized carbons (Fsp3) is 0.400. The summed E-state index contributed by atoms with van der Waals surface area (Å²) in [5.74, 6) is -0.460. The number of esters is 1. The van der Waals surface area contributed by atoms with Crippen LogP contribution in [-0.2, 0) is 23.1 Å². The lowest BCUT2D eigenvalue weighted by Crippen LogP contribution is -2.26. The van der Waals surface area contributed by atoms with Gasteiger partial charge in [-0.3, -0.25) is 14.2 Å². The molecule has 0 saturated heterocycles. The molecule has 0 aliphatic heterocycles. The Kier molecular flexibility index (Phi) is 2.90. The molecule has 2 rings (SSSR count). The lowest BCUT2D eigenvalue weighted by Gasteiger charge is -2.04. The Morgan fingerprint density at radius 3 is 2.82 bits per heavy atom. The van der Waals surface area contributed by atoms with Gasteiger partial charge in [0, 0.05) is 7.05 Å². The number of aryl methyl sites for hydroxylation is 1. The van der Waals surface area contributed by atoms with Gasteiger partial charge in [-0.05, 0) is 6.92 Å². The van der Waals surface area contributed by atoms with Gasteiger partial charge in [-0.15, -0.1) is 0 Å². The third kappa shape index (κ3) is 2.03. The van der Waals surface area contributed by atoms with Crippen LogP contribution in [0.2, 0.25) is 0 Å².